The van der Waals surface area contributed by atoms with Gasteiger partial charge in [0, 0.05) is 18.8 Å². The number of nitrogens with one attached hydrogen (secondary N) is 1. The predicted octanol–water partition coefficient (Wildman–Crippen LogP) is 2.74. The average Bonchev–Trinajstić information content (AvgIpc) is 2.51. The Kier molecular flexibility index (Phi) is 4.09. The first-order valence-electron chi connectivity index (χ1n) is 7.69. The van der Waals surface area contributed by atoms with Gasteiger partial charge in [-0.05, 0) is 37.8 Å². The molecule has 3 rings (SSSR count). The number of anilines is 4. The van der Waals surface area contributed by atoms with Crippen molar-refractivity contribution in [2.45, 2.75) is 26.7 Å². The fourth-order valence-electron chi connectivity index (χ4n) is 2.69. The molecule has 0 unspecified atom stereocenters. The monoisotopic (exact) mass is 298 g/mol. The number of nitrogen functional groups attached to an aromatic ring is 1. The molecule has 1 saturated heterocycles. The van der Waals surface area contributed by atoms with E-state index in [-0.39, 0.29) is 0 Å². The molecule has 6 nitrogen and oxygen atoms in total. The summed E-state index contributed by atoms with van der Waals surface area (Å²) in [7, 11) is 0. The van der Waals surface area contributed by atoms with Gasteiger partial charge in [-0.1, -0.05) is 13.0 Å². The van der Waals surface area contributed by atoms with Crippen LogP contribution in [-0.2, 0) is 0 Å². The molecule has 1 aliphatic rings. The number of nitrogens with two attached hydrogens (primary N) is 1. The summed E-state index contributed by atoms with van der Waals surface area (Å²) in [6, 6.07) is 5.81. The van der Waals surface area contributed by atoms with E-state index in [4.69, 9.17) is 5.73 Å². The molecule has 0 atom stereocenters. The van der Waals surface area contributed by atoms with E-state index in [0.29, 0.717) is 11.5 Å². The van der Waals surface area contributed by atoms with Crippen LogP contribution in [0.5, 0.6) is 0 Å². The third kappa shape index (κ3) is 3.10. The topological polar surface area (TPSA) is 80.0 Å². The van der Waals surface area contributed by atoms with E-state index in [1.807, 2.05) is 25.1 Å². The van der Waals surface area contributed by atoms with Crippen molar-refractivity contribution >= 4 is 23.1 Å². The van der Waals surface area contributed by atoms with E-state index >= 15 is 0 Å². The summed E-state index contributed by atoms with van der Waals surface area (Å²) in [6.07, 6.45) is 3.90. The van der Waals surface area contributed by atoms with Crippen molar-refractivity contribution < 1.29 is 0 Å². The van der Waals surface area contributed by atoms with Gasteiger partial charge in [0.25, 0.3) is 0 Å². The molecule has 2 aromatic heterocycles. The number of hydrogen-bond acceptors (Lipinski definition) is 6. The molecule has 0 saturated carbocycles. The molecule has 0 aliphatic carbocycles. The molecule has 0 bridgehead atoms. The molecular formula is C16H22N6. The molecule has 3 N–H and O–H groups in total. The normalized spacial score (nSPS) is 15.8. The zero-order valence-corrected chi connectivity index (χ0v) is 13.1. The minimum Gasteiger partial charge on any atom is -0.393 e. The van der Waals surface area contributed by atoms with Crippen molar-refractivity contribution in [2.24, 2.45) is 5.92 Å². The number of nitrogens with zero attached hydrogens (tertiary/aromatic N) is 4. The predicted molar refractivity (Wildman–Crippen MR) is 89.3 cm³/mol. The van der Waals surface area contributed by atoms with Gasteiger partial charge < -0.3 is 16.0 Å². The highest BCUT2D eigenvalue weighted by Gasteiger charge is 2.20. The Morgan fingerprint density at radius 3 is 2.73 bits per heavy atom. The average molecular weight is 298 g/mol. The number of pyridine rings is 1. The lowest BCUT2D eigenvalue weighted by Gasteiger charge is -2.32. The van der Waals surface area contributed by atoms with Crippen molar-refractivity contribution in [1.82, 2.24) is 15.0 Å². The third-order valence-corrected chi connectivity index (χ3v) is 4.08. The minimum atomic E-state index is 0.584. The molecule has 6 heteroatoms. The minimum absolute atomic E-state index is 0.584. The number of rotatable bonds is 3. The van der Waals surface area contributed by atoms with E-state index in [2.05, 4.69) is 32.1 Å². The van der Waals surface area contributed by atoms with E-state index < -0.39 is 0 Å². The van der Waals surface area contributed by atoms with Gasteiger partial charge in [0.05, 0.1) is 0 Å². The lowest BCUT2D eigenvalue weighted by atomic mass is 9.99. The van der Waals surface area contributed by atoms with Gasteiger partial charge >= 0.3 is 0 Å². The first-order valence-corrected chi connectivity index (χ1v) is 7.69. The highest BCUT2D eigenvalue weighted by Crippen LogP contribution is 2.30. The molecule has 2 aromatic rings. The van der Waals surface area contributed by atoms with E-state index in [1.54, 1.807) is 6.33 Å². The first-order chi connectivity index (χ1) is 10.6. The summed E-state index contributed by atoms with van der Waals surface area (Å²) in [6.45, 7) is 6.22. The maximum absolute atomic E-state index is 6.28. The highest BCUT2D eigenvalue weighted by atomic mass is 15.2. The summed E-state index contributed by atoms with van der Waals surface area (Å²) in [4.78, 5) is 15.3. The van der Waals surface area contributed by atoms with Crippen LogP contribution in [-0.4, -0.2) is 28.0 Å². The zero-order chi connectivity index (χ0) is 15.5. The summed E-state index contributed by atoms with van der Waals surface area (Å²) < 4.78 is 0. The Bertz CT molecular complexity index is 649. The van der Waals surface area contributed by atoms with Crippen molar-refractivity contribution in [1.29, 1.82) is 0 Å². The molecule has 116 valence electrons. The van der Waals surface area contributed by atoms with Crippen LogP contribution < -0.4 is 16.0 Å². The van der Waals surface area contributed by atoms with Crippen molar-refractivity contribution in [3.8, 4) is 0 Å². The summed E-state index contributed by atoms with van der Waals surface area (Å²) in [5.74, 6) is 2.94. The zero-order valence-electron chi connectivity index (χ0n) is 13.1. The molecule has 0 amide bonds. The van der Waals surface area contributed by atoms with Gasteiger partial charge in [0.1, 0.15) is 17.8 Å². The second-order valence-electron chi connectivity index (χ2n) is 5.92. The SMILES string of the molecule is Cc1cccc(Nc2ncnc(N3CCC(C)CC3)c2N)n1. The largest absolute Gasteiger partial charge is 0.393 e. The van der Waals surface area contributed by atoms with Crippen molar-refractivity contribution in [3.63, 3.8) is 0 Å². The molecule has 3 heterocycles. The van der Waals surface area contributed by atoms with Gasteiger partial charge in [0.15, 0.2) is 11.6 Å². The van der Waals surface area contributed by atoms with Crippen LogP contribution in [0.2, 0.25) is 0 Å². The van der Waals surface area contributed by atoms with E-state index in [1.165, 1.54) is 12.8 Å². The summed E-state index contributed by atoms with van der Waals surface area (Å²) in [5.41, 5.74) is 7.81. The van der Waals surface area contributed by atoms with Gasteiger partial charge in [0.2, 0.25) is 0 Å². The Balaban J connectivity index is 1.83. The lowest BCUT2D eigenvalue weighted by molar-refractivity contribution is 0.437. The fourth-order valence-corrected chi connectivity index (χ4v) is 2.69. The smallest absolute Gasteiger partial charge is 0.160 e. The van der Waals surface area contributed by atoms with Crippen LogP contribution >= 0.6 is 0 Å². The Labute approximate surface area is 130 Å². The number of aryl methyl sites for hydroxylation is 1. The number of aromatic nitrogens is 3. The second kappa shape index (κ2) is 6.17. The van der Waals surface area contributed by atoms with Gasteiger partial charge in [-0.3, -0.25) is 0 Å². The van der Waals surface area contributed by atoms with Crippen LogP contribution in [0.15, 0.2) is 24.5 Å². The van der Waals surface area contributed by atoms with Gasteiger partial charge in [-0.15, -0.1) is 0 Å². The van der Waals surface area contributed by atoms with Crippen molar-refractivity contribution in [3.05, 3.63) is 30.2 Å². The second-order valence-corrected chi connectivity index (χ2v) is 5.92. The Morgan fingerprint density at radius 1 is 1.23 bits per heavy atom. The highest BCUT2D eigenvalue weighted by molar-refractivity contribution is 5.77. The summed E-state index contributed by atoms with van der Waals surface area (Å²) >= 11 is 0. The molecule has 0 radical (unpaired) electrons. The fraction of sp³-hybridized carbons (Fsp3) is 0.438. The maximum Gasteiger partial charge on any atom is 0.160 e. The van der Waals surface area contributed by atoms with Gasteiger partial charge in [-0.25, -0.2) is 15.0 Å². The first kappa shape index (κ1) is 14.6. The van der Waals surface area contributed by atoms with Crippen LogP contribution in [0.25, 0.3) is 0 Å². The van der Waals surface area contributed by atoms with Crippen LogP contribution in [0.1, 0.15) is 25.5 Å². The molecule has 1 aliphatic heterocycles. The molecule has 1 fully saturated rings. The van der Waals surface area contributed by atoms with Gasteiger partial charge in [-0.2, -0.15) is 0 Å². The Hall–Kier alpha value is -2.37. The third-order valence-electron chi connectivity index (χ3n) is 4.08. The molecule has 22 heavy (non-hydrogen) atoms. The quantitative estimate of drug-likeness (QED) is 0.907. The summed E-state index contributed by atoms with van der Waals surface area (Å²) in [5, 5.41) is 3.19. The van der Waals surface area contributed by atoms with Crippen LogP contribution in [0.4, 0.5) is 23.1 Å². The maximum atomic E-state index is 6.28. The molecule has 0 aromatic carbocycles. The van der Waals surface area contributed by atoms with Crippen molar-refractivity contribution in [2.75, 3.05) is 29.0 Å². The molecular weight excluding hydrogens is 276 g/mol. The van der Waals surface area contributed by atoms with Crippen LogP contribution in [0.3, 0.4) is 0 Å². The van der Waals surface area contributed by atoms with E-state index in [9.17, 15) is 0 Å². The standard InChI is InChI=1S/C16H22N6/c1-11-6-8-22(9-7-11)16-14(17)15(18-10-19-16)21-13-5-3-4-12(2)20-13/h3-5,10-11H,6-9,17H2,1-2H3,(H,18,19,20,21). The Morgan fingerprint density at radius 2 is 2.00 bits per heavy atom. The number of piperidine rings is 1. The molecule has 0 spiro atoms. The van der Waals surface area contributed by atoms with E-state index in [0.717, 1.165) is 36.3 Å². The van der Waals surface area contributed by atoms with Crippen LogP contribution in [0, 0.1) is 12.8 Å². The number of hydrogen-bond donors (Lipinski definition) is 2. The lowest BCUT2D eigenvalue weighted by Crippen LogP contribution is -2.34.